The molecule has 0 atom stereocenters. The minimum atomic E-state index is -3.58. The van der Waals surface area contributed by atoms with E-state index >= 15 is 0 Å². The molecule has 0 saturated heterocycles. The van der Waals surface area contributed by atoms with Crippen LogP contribution in [-0.2, 0) is 14.8 Å². The third-order valence-corrected chi connectivity index (χ3v) is 5.43. The highest BCUT2D eigenvalue weighted by molar-refractivity contribution is 7.92. The molecule has 0 aliphatic carbocycles. The Morgan fingerprint density at radius 1 is 1.00 bits per heavy atom. The van der Waals surface area contributed by atoms with Crippen molar-refractivity contribution in [2.75, 3.05) is 23.6 Å². The predicted octanol–water partition coefficient (Wildman–Crippen LogP) is 2.44. The summed E-state index contributed by atoms with van der Waals surface area (Å²) in [6, 6.07) is 6.13. The van der Waals surface area contributed by atoms with Crippen molar-refractivity contribution in [2.45, 2.75) is 51.9 Å². The van der Waals surface area contributed by atoms with Crippen molar-refractivity contribution in [1.29, 1.82) is 0 Å². The molecule has 0 fully saturated rings. The van der Waals surface area contributed by atoms with E-state index in [9.17, 15) is 18.0 Å². The van der Waals surface area contributed by atoms with Crippen LogP contribution in [-0.4, -0.2) is 39.0 Å². The van der Waals surface area contributed by atoms with E-state index in [1.54, 1.807) is 12.1 Å². The Balaban J connectivity index is 2.67. The average molecular weight is 398 g/mol. The maximum Gasteiger partial charge on any atom is 0.292 e. The lowest BCUT2D eigenvalue weighted by Gasteiger charge is -2.12. The molecule has 0 aliphatic rings. The van der Waals surface area contributed by atoms with E-state index < -0.39 is 21.7 Å². The Hall–Kier alpha value is -1.93. The number of anilines is 1. The van der Waals surface area contributed by atoms with Gasteiger partial charge in [-0.3, -0.25) is 14.3 Å². The molecular weight excluding hydrogens is 366 g/mol. The van der Waals surface area contributed by atoms with Gasteiger partial charge in [0.15, 0.2) is 0 Å². The van der Waals surface area contributed by atoms with Crippen LogP contribution in [0.2, 0.25) is 0 Å². The van der Waals surface area contributed by atoms with Gasteiger partial charge in [-0.05, 0) is 31.5 Å². The van der Waals surface area contributed by atoms with Gasteiger partial charge in [0.2, 0.25) is 10.0 Å². The van der Waals surface area contributed by atoms with Crippen LogP contribution in [0.4, 0.5) is 5.69 Å². The third kappa shape index (κ3) is 9.01. The van der Waals surface area contributed by atoms with Crippen molar-refractivity contribution in [3.8, 4) is 0 Å². The highest BCUT2D eigenvalue weighted by Crippen LogP contribution is 2.18. The van der Waals surface area contributed by atoms with Crippen LogP contribution < -0.4 is 15.8 Å². The topological polar surface area (TPSA) is 118 Å². The first-order valence-corrected chi connectivity index (χ1v) is 11.2. The molecule has 0 bridgehead atoms. The first-order chi connectivity index (χ1) is 12.9. The van der Waals surface area contributed by atoms with Crippen LogP contribution >= 0.6 is 0 Å². The van der Waals surface area contributed by atoms with Crippen LogP contribution in [0.5, 0.6) is 0 Å². The lowest BCUT2D eigenvalue weighted by atomic mass is 10.1. The molecule has 8 heteroatoms. The van der Waals surface area contributed by atoms with E-state index in [1.807, 2.05) is 0 Å². The zero-order valence-electron chi connectivity index (χ0n) is 16.0. The molecule has 0 aromatic heterocycles. The summed E-state index contributed by atoms with van der Waals surface area (Å²) in [6.45, 7) is 2.84. The monoisotopic (exact) mass is 397 g/mol. The van der Waals surface area contributed by atoms with Crippen LogP contribution in [0.15, 0.2) is 24.3 Å². The third-order valence-electron chi connectivity index (χ3n) is 4.08. The summed E-state index contributed by atoms with van der Waals surface area (Å²) in [6.07, 6.45) is 6.41. The molecule has 0 aliphatic heterocycles. The van der Waals surface area contributed by atoms with E-state index in [0.717, 1.165) is 32.1 Å². The zero-order valence-corrected chi connectivity index (χ0v) is 16.8. The van der Waals surface area contributed by atoms with Gasteiger partial charge in [-0.25, -0.2) is 8.42 Å². The van der Waals surface area contributed by atoms with Crippen LogP contribution in [0.1, 0.15) is 62.2 Å². The number of carbonyl (C=O) groups excluding carboxylic acids is 2. The van der Waals surface area contributed by atoms with Crippen molar-refractivity contribution in [2.24, 2.45) is 5.73 Å². The second kappa shape index (κ2) is 12.5. The summed E-state index contributed by atoms with van der Waals surface area (Å²) in [5.41, 5.74) is 5.52. The van der Waals surface area contributed by atoms with Gasteiger partial charge >= 0.3 is 0 Å². The fourth-order valence-corrected chi connectivity index (χ4v) is 3.77. The number of sulfonamides is 1. The molecule has 0 spiro atoms. The first-order valence-electron chi connectivity index (χ1n) is 9.53. The molecule has 0 heterocycles. The maximum atomic E-state index is 12.3. The van der Waals surface area contributed by atoms with Crippen molar-refractivity contribution >= 4 is 27.4 Å². The first kappa shape index (κ1) is 23.1. The molecule has 0 unspecified atom stereocenters. The second-order valence-corrected chi connectivity index (χ2v) is 8.30. The Bertz CT molecular complexity index is 705. The number of para-hydroxylation sites is 1. The van der Waals surface area contributed by atoms with Crippen LogP contribution in [0, 0.1) is 0 Å². The molecule has 0 radical (unpaired) electrons. The molecule has 152 valence electrons. The summed E-state index contributed by atoms with van der Waals surface area (Å²) in [5, 5.41) is 2.48. The van der Waals surface area contributed by atoms with E-state index in [-0.39, 0.29) is 17.0 Å². The molecule has 1 aromatic rings. The maximum absolute atomic E-state index is 12.3. The standard InChI is InChI=1S/C19H31N3O4S/c1-2-3-4-5-6-9-15-27(25,26)22-17-12-8-7-11-16(17)18(23)19(24)21-14-10-13-20/h7-8,11-12,22H,2-6,9-10,13-15,20H2,1H3,(H,21,24). The van der Waals surface area contributed by atoms with Crippen LogP contribution in [0.25, 0.3) is 0 Å². The number of hydrogen-bond donors (Lipinski definition) is 3. The summed E-state index contributed by atoms with van der Waals surface area (Å²) in [7, 11) is -3.58. The van der Waals surface area contributed by atoms with Crippen LogP contribution in [0.3, 0.4) is 0 Å². The number of rotatable bonds is 14. The number of unbranched alkanes of at least 4 members (excludes halogenated alkanes) is 5. The van der Waals surface area contributed by atoms with Crippen molar-refractivity contribution in [1.82, 2.24) is 5.32 Å². The molecule has 7 nitrogen and oxygen atoms in total. The highest BCUT2D eigenvalue weighted by atomic mass is 32.2. The number of hydrogen-bond acceptors (Lipinski definition) is 5. The molecule has 1 aromatic carbocycles. The van der Waals surface area contributed by atoms with E-state index in [4.69, 9.17) is 5.73 Å². The minimum Gasteiger partial charge on any atom is -0.349 e. The summed E-state index contributed by atoms with van der Waals surface area (Å²) in [5.74, 6) is -1.56. The lowest BCUT2D eigenvalue weighted by Crippen LogP contribution is -2.33. The normalized spacial score (nSPS) is 11.2. The van der Waals surface area contributed by atoms with Gasteiger partial charge in [0.25, 0.3) is 11.7 Å². The number of benzene rings is 1. The molecule has 27 heavy (non-hydrogen) atoms. The summed E-state index contributed by atoms with van der Waals surface area (Å²) in [4.78, 5) is 24.3. The summed E-state index contributed by atoms with van der Waals surface area (Å²) < 4.78 is 27.1. The zero-order chi connectivity index (χ0) is 20.1. The van der Waals surface area contributed by atoms with Gasteiger partial charge in [0, 0.05) is 6.54 Å². The SMILES string of the molecule is CCCCCCCCS(=O)(=O)Nc1ccccc1C(=O)C(=O)NCCCN. The number of carbonyl (C=O) groups is 2. The largest absolute Gasteiger partial charge is 0.349 e. The molecule has 4 N–H and O–H groups in total. The molecule has 0 saturated carbocycles. The summed E-state index contributed by atoms with van der Waals surface area (Å²) >= 11 is 0. The molecular formula is C19H31N3O4S. The van der Waals surface area contributed by atoms with Gasteiger partial charge in [-0.2, -0.15) is 0 Å². The van der Waals surface area contributed by atoms with Gasteiger partial charge in [-0.1, -0.05) is 51.2 Å². The fraction of sp³-hybridized carbons (Fsp3) is 0.579. The Morgan fingerprint density at radius 2 is 1.67 bits per heavy atom. The van der Waals surface area contributed by atoms with Crippen molar-refractivity contribution < 1.29 is 18.0 Å². The molecule has 1 rings (SSSR count). The smallest absolute Gasteiger partial charge is 0.292 e. The number of nitrogens with one attached hydrogen (secondary N) is 2. The van der Waals surface area contributed by atoms with Gasteiger partial charge < -0.3 is 11.1 Å². The quantitative estimate of drug-likeness (QED) is 0.253. The van der Waals surface area contributed by atoms with Gasteiger partial charge in [-0.15, -0.1) is 0 Å². The van der Waals surface area contributed by atoms with E-state index in [1.165, 1.54) is 12.1 Å². The Labute approximate surface area is 162 Å². The predicted molar refractivity (Wildman–Crippen MR) is 108 cm³/mol. The minimum absolute atomic E-state index is 0.00958. The number of Topliss-reactive ketones (excluding diaryl/α,β-unsaturated/α-hetero) is 1. The number of ketones is 1. The van der Waals surface area contributed by atoms with Gasteiger partial charge in [0.05, 0.1) is 17.0 Å². The molecule has 1 amide bonds. The average Bonchev–Trinajstić information content (AvgIpc) is 2.64. The number of amides is 1. The number of nitrogens with two attached hydrogens (primary N) is 1. The lowest BCUT2D eigenvalue weighted by molar-refractivity contribution is -0.117. The van der Waals surface area contributed by atoms with Crippen molar-refractivity contribution in [3.05, 3.63) is 29.8 Å². The fourth-order valence-electron chi connectivity index (χ4n) is 2.57. The van der Waals surface area contributed by atoms with Gasteiger partial charge in [0.1, 0.15) is 0 Å². The van der Waals surface area contributed by atoms with E-state index in [0.29, 0.717) is 25.9 Å². The Kier molecular flexibility index (Phi) is 10.7. The highest BCUT2D eigenvalue weighted by Gasteiger charge is 2.21. The second-order valence-electron chi connectivity index (χ2n) is 6.46. The Morgan fingerprint density at radius 3 is 2.37 bits per heavy atom. The van der Waals surface area contributed by atoms with E-state index in [2.05, 4.69) is 17.0 Å². The van der Waals surface area contributed by atoms with Crippen molar-refractivity contribution in [3.63, 3.8) is 0 Å².